The molecule has 0 rings (SSSR count). The average Bonchev–Trinajstić information content (AvgIpc) is 0.811. The topological polar surface area (TPSA) is 31.5 Å². The maximum absolute atomic E-state index is 9.81. The molecule has 0 spiro atoms. The predicted octanol–water partition coefficient (Wildman–Crippen LogP) is 0.0551. The van der Waals surface area contributed by atoms with E-state index in [0.717, 1.165) is 0 Å². The molecule has 0 radical (unpaired) electrons. The Balaban J connectivity index is 0. The molecule has 32 valence electrons. The molecular weight excluding hydrogens is 100.0 g/mol. The molecule has 0 saturated carbocycles. The van der Waals surface area contributed by atoms with Gasteiger partial charge in [-0.3, -0.25) is 0 Å². The predicted molar refractivity (Wildman–Crippen MR) is 12.7 cm³/mol. The van der Waals surface area contributed by atoms with Crippen molar-refractivity contribution in [2.45, 2.75) is 0 Å². The molecule has 0 fully saturated rings. The van der Waals surface area contributed by atoms with Gasteiger partial charge in [0.25, 0.3) is 0 Å². The Morgan fingerprint density at radius 1 is 1.00 bits per heavy atom. The van der Waals surface area contributed by atoms with E-state index in [0.29, 0.717) is 0 Å². The molecule has 0 unspecified atom stereocenters. The standard InChI is InChI=1S/Al.3FH.H2O/h;3*1H;1H2/q+3;;;;/p-3. The van der Waals surface area contributed by atoms with Crippen LogP contribution in [0.5, 0.6) is 0 Å². The molecule has 0 bridgehead atoms. The third-order valence-electron chi connectivity index (χ3n) is 0. The van der Waals surface area contributed by atoms with Gasteiger partial charge in [0.15, 0.2) is 0 Å². The van der Waals surface area contributed by atoms with Crippen LogP contribution in [-0.4, -0.2) is 21.0 Å². The minimum absolute atomic E-state index is 0. The second kappa shape index (κ2) is 4.28. The fraction of sp³-hybridized carbons (Fsp3) is 0. The van der Waals surface area contributed by atoms with Crippen LogP contribution in [0.15, 0.2) is 0 Å². The zero-order valence-corrected chi connectivity index (χ0v) is 3.37. The van der Waals surface area contributed by atoms with E-state index in [1.54, 1.807) is 0 Å². The Kier molecular flexibility index (Phi) is 7.70. The number of hydrogen-bond donors (Lipinski definition) is 0. The molecule has 0 aromatic rings. The van der Waals surface area contributed by atoms with Gasteiger partial charge in [-0.25, -0.2) is 0 Å². The van der Waals surface area contributed by atoms with Crippen LogP contribution in [0.1, 0.15) is 0 Å². The highest BCUT2D eigenvalue weighted by Gasteiger charge is 2.21. The van der Waals surface area contributed by atoms with Crippen LogP contribution in [0.3, 0.4) is 0 Å². The van der Waals surface area contributed by atoms with Gasteiger partial charge in [-0.05, 0) is 0 Å². The van der Waals surface area contributed by atoms with E-state index >= 15 is 0 Å². The highest BCUT2D eigenvalue weighted by atomic mass is 27.3. The fourth-order valence-electron chi connectivity index (χ4n) is 0. The van der Waals surface area contributed by atoms with Crippen molar-refractivity contribution < 1.29 is 16.0 Å². The molecule has 0 heterocycles. The van der Waals surface area contributed by atoms with Gasteiger partial charge in [0.2, 0.25) is 0 Å². The van der Waals surface area contributed by atoms with Gasteiger partial charge in [-0.1, -0.05) is 0 Å². The molecule has 5 heavy (non-hydrogen) atoms. The van der Waals surface area contributed by atoms with Crippen LogP contribution in [0.2, 0.25) is 0 Å². The second-order valence-electron chi connectivity index (χ2n) is 0.247. The third-order valence-corrected chi connectivity index (χ3v) is 0. The highest BCUT2D eigenvalue weighted by Crippen LogP contribution is 1.80. The first kappa shape index (κ1) is 8.99. The minimum atomic E-state index is -4.64. The van der Waals surface area contributed by atoms with Gasteiger partial charge < -0.3 is 16.0 Å². The summed E-state index contributed by atoms with van der Waals surface area (Å²) in [6.45, 7) is 0. The van der Waals surface area contributed by atoms with Gasteiger partial charge in [0.1, 0.15) is 0 Å². The summed E-state index contributed by atoms with van der Waals surface area (Å²) in [5, 5.41) is 0. The van der Waals surface area contributed by atoms with Crippen molar-refractivity contribution in [3.8, 4) is 0 Å². The molecule has 0 aliphatic carbocycles. The van der Waals surface area contributed by atoms with E-state index in [9.17, 15) is 10.6 Å². The quantitative estimate of drug-likeness (QED) is 0.387. The summed E-state index contributed by atoms with van der Waals surface area (Å²) in [7, 11) is 0. The van der Waals surface area contributed by atoms with Crippen molar-refractivity contribution in [3.63, 3.8) is 0 Å². The van der Waals surface area contributed by atoms with Crippen molar-refractivity contribution in [1.29, 1.82) is 0 Å². The van der Waals surface area contributed by atoms with Crippen molar-refractivity contribution in [3.05, 3.63) is 0 Å². The van der Waals surface area contributed by atoms with E-state index in [4.69, 9.17) is 0 Å². The summed E-state index contributed by atoms with van der Waals surface area (Å²) in [5.41, 5.74) is 0. The van der Waals surface area contributed by atoms with Crippen LogP contribution in [-0.2, 0) is 0 Å². The zero-order chi connectivity index (χ0) is 3.58. The fourth-order valence-corrected chi connectivity index (χ4v) is 0. The lowest BCUT2D eigenvalue weighted by atomic mass is 16.0. The van der Waals surface area contributed by atoms with Gasteiger partial charge in [0, 0.05) is 0 Å². The summed E-state index contributed by atoms with van der Waals surface area (Å²) in [4.78, 5) is 0. The molecule has 0 aliphatic rings. The highest BCUT2D eigenvalue weighted by molar-refractivity contribution is 6.33. The van der Waals surface area contributed by atoms with Gasteiger partial charge in [-0.15, -0.1) is 0 Å². The monoisotopic (exact) mass is 102 g/mol. The lowest BCUT2D eigenvalue weighted by Crippen LogP contribution is -1.76. The summed E-state index contributed by atoms with van der Waals surface area (Å²) in [6.07, 6.45) is 0. The second-order valence-corrected chi connectivity index (χ2v) is 0.742. The Bertz CT molecular complexity index is 11.6. The van der Waals surface area contributed by atoms with E-state index < -0.39 is 15.5 Å². The molecule has 0 saturated heterocycles. The molecule has 1 nitrogen and oxygen atoms in total. The molecule has 0 aromatic carbocycles. The van der Waals surface area contributed by atoms with Crippen LogP contribution in [0.25, 0.3) is 0 Å². The molecule has 5 heteroatoms. The van der Waals surface area contributed by atoms with Crippen molar-refractivity contribution in [1.82, 2.24) is 0 Å². The first-order valence-corrected chi connectivity index (χ1v) is 1.96. The Hall–Kier alpha value is 0.282. The van der Waals surface area contributed by atoms with Crippen molar-refractivity contribution >= 4 is 15.5 Å². The van der Waals surface area contributed by atoms with Crippen LogP contribution in [0, 0.1) is 0 Å². The van der Waals surface area contributed by atoms with Gasteiger partial charge >= 0.3 is 15.5 Å². The third kappa shape index (κ3) is 280. The minimum Gasteiger partial charge on any atom is -0.412 e. The lowest BCUT2D eigenvalue weighted by molar-refractivity contribution is 0.535. The molecule has 0 aliphatic heterocycles. The van der Waals surface area contributed by atoms with E-state index in [-0.39, 0.29) is 5.48 Å². The number of halogens is 3. The van der Waals surface area contributed by atoms with Crippen molar-refractivity contribution in [2.24, 2.45) is 0 Å². The van der Waals surface area contributed by atoms with Crippen LogP contribution < -0.4 is 0 Å². The Labute approximate surface area is 32.5 Å². The molecule has 0 amide bonds. The molecule has 2 N–H and O–H groups in total. The largest absolute Gasteiger partial charge is 1.04 e. The summed E-state index contributed by atoms with van der Waals surface area (Å²) in [5.74, 6) is 0. The normalized spacial score (nSPS) is 5.40. The molecular formula is H2AlF3O. The Morgan fingerprint density at radius 2 is 1.00 bits per heavy atom. The van der Waals surface area contributed by atoms with Crippen LogP contribution >= 0.6 is 0 Å². The van der Waals surface area contributed by atoms with Gasteiger partial charge in [-0.2, -0.15) is 0 Å². The van der Waals surface area contributed by atoms with Gasteiger partial charge in [0.05, 0.1) is 0 Å². The first-order valence-electron chi connectivity index (χ1n) is 0.655. The smallest absolute Gasteiger partial charge is 0.412 e. The maximum atomic E-state index is 9.81. The number of hydrogen-bond acceptors (Lipinski definition) is 0. The number of rotatable bonds is 0. The average molecular weight is 102 g/mol. The van der Waals surface area contributed by atoms with E-state index in [2.05, 4.69) is 0 Å². The summed E-state index contributed by atoms with van der Waals surface area (Å²) in [6, 6.07) is 0. The van der Waals surface area contributed by atoms with E-state index in [1.165, 1.54) is 0 Å². The summed E-state index contributed by atoms with van der Waals surface area (Å²) >= 11 is -4.64. The maximum Gasteiger partial charge on any atom is 1.04 e. The van der Waals surface area contributed by atoms with E-state index in [1.807, 2.05) is 0 Å². The Morgan fingerprint density at radius 3 is 1.00 bits per heavy atom. The van der Waals surface area contributed by atoms with Crippen LogP contribution in [0.4, 0.5) is 10.6 Å². The lowest BCUT2D eigenvalue weighted by Gasteiger charge is -1.52. The molecule has 0 aromatic heterocycles. The molecule has 0 atom stereocenters. The first-order chi connectivity index (χ1) is 1.73. The SMILES string of the molecule is O.[F][Al]([F])[F]. The van der Waals surface area contributed by atoms with Crippen molar-refractivity contribution in [2.75, 3.05) is 0 Å². The summed E-state index contributed by atoms with van der Waals surface area (Å²) < 4.78 is 29.4. The zero-order valence-electron chi connectivity index (χ0n) is 2.21.